The molecule has 0 spiro atoms. The van der Waals surface area contributed by atoms with Crippen molar-refractivity contribution >= 4 is 61.8 Å². The maximum absolute atomic E-state index is 8.55. The van der Waals surface area contributed by atoms with Crippen LogP contribution in [0.2, 0.25) is 0 Å². The third-order valence-electron chi connectivity index (χ3n) is 0. The van der Waals surface area contributed by atoms with E-state index < -0.39 is 15.6 Å². The van der Waals surface area contributed by atoms with Crippen LogP contribution in [0.4, 0.5) is 0 Å². The summed E-state index contributed by atoms with van der Waals surface area (Å²) in [5, 5.41) is 0. The van der Waals surface area contributed by atoms with Gasteiger partial charge in [0.2, 0.25) is 0 Å². The Bertz CT molecular complexity index is 136. The Kier molecular flexibility index (Phi) is 37.8. The fraction of sp³-hybridized carbons (Fsp3) is 0. The van der Waals surface area contributed by atoms with Gasteiger partial charge in [0, 0.05) is 0 Å². The SMILES string of the molecule is O=P([O-])([O-])[O-].O=P([O-])([O-])[O-].[Mg+2].[Mg+2].[NH4+].[NH4+]. The van der Waals surface area contributed by atoms with Gasteiger partial charge in [-0.3, -0.25) is 0 Å². The average molecular weight is 275 g/mol. The van der Waals surface area contributed by atoms with E-state index in [9.17, 15) is 0 Å². The molecular formula is H8Mg2N2O8P2. The van der Waals surface area contributed by atoms with Crippen molar-refractivity contribution in [1.29, 1.82) is 0 Å². The molecule has 0 aromatic carbocycles. The zero-order valence-electron chi connectivity index (χ0n) is 7.57. The van der Waals surface area contributed by atoms with E-state index in [4.69, 9.17) is 38.5 Å². The molecule has 0 aliphatic carbocycles. The van der Waals surface area contributed by atoms with Gasteiger partial charge in [0.25, 0.3) is 0 Å². The Morgan fingerprint density at radius 2 is 0.571 bits per heavy atom. The van der Waals surface area contributed by atoms with E-state index in [0.29, 0.717) is 0 Å². The molecule has 0 aliphatic heterocycles. The molecule has 0 atom stereocenters. The summed E-state index contributed by atoms with van der Waals surface area (Å²) in [6.07, 6.45) is 0. The van der Waals surface area contributed by atoms with Gasteiger partial charge in [-0.15, -0.1) is 0 Å². The first-order valence-electron chi connectivity index (χ1n) is 1.46. The van der Waals surface area contributed by atoms with E-state index in [1.165, 1.54) is 0 Å². The average Bonchev–Trinajstić information content (AvgIpc) is 1.12. The van der Waals surface area contributed by atoms with E-state index in [-0.39, 0.29) is 58.4 Å². The van der Waals surface area contributed by atoms with Crippen LogP contribution >= 0.6 is 15.6 Å². The first-order chi connectivity index (χ1) is 4.00. The normalized spacial score (nSPS) is 8.43. The molecule has 10 nitrogen and oxygen atoms in total. The predicted octanol–water partition coefficient (Wildman–Crippen LogP) is -5.66. The Morgan fingerprint density at radius 1 is 0.571 bits per heavy atom. The van der Waals surface area contributed by atoms with Crippen molar-refractivity contribution in [2.75, 3.05) is 0 Å². The van der Waals surface area contributed by atoms with E-state index in [1.54, 1.807) is 0 Å². The first-order valence-corrected chi connectivity index (χ1v) is 4.38. The summed E-state index contributed by atoms with van der Waals surface area (Å²) in [4.78, 5) is 51.3. The van der Waals surface area contributed by atoms with Gasteiger partial charge >= 0.3 is 46.1 Å². The largest absolute Gasteiger partial charge is 2.00 e. The van der Waals surface area contributed by atoms with Crippen LogP contribution in [0.15, 0.2) is 0 Å². The van der Waals surface area contributed by atoms with Crippen LogP contribution in [-0.2, 0) is 9.13 Å². The van der Waals surface area contributed by atoms with Crippen molar-refractivity contribution in [3.8, 4) is 0 Å². The van der Waals surface area contributed by atoms with Crippen LogP contribution in [-0.4, -0.2) is 46.1 Å². The van der Waals surface area contributed by atoms with Crippen LogP contribution in [0.3, 0.4) is 0 Å². The second-order valence-electron chi connectivity index (χ2n) is 0.894. The van der Waals surface area contributed by atoms with Gasteiger partial charge < -0.3 is 50.8 Å². The van der Waals surface area contributed by atoms with Gasteiger partial charge in [-0.05, 0) is 0 Å². The van der Waals surface area contributed by atoms with Crippen LogP contribution in [0, 0.1) is 0 Å². The van der Waals surface area contributed by atoms with Gasteiger partial charge in [-0.25, -0.2) is 0 Å². The Balaban J connectivity index is -0.0000000178. The minimum absolute atomic E-state index is 0. The van der Waals surface area contributed by atoms with Crippen molar-refractivity contribution in [2.24, 2.45) is 0 Å². The zero-order chi connectivity index (χ0) is 9.00. The summed E-state index contributed by atoms with van der Waals surface area (Å²) in [6.45, 7) is 0. The van der Waals surface area contributed by atoms with Crippen molar-refractivity contribution in [1.82, 2.24) is 12.3 Å². The topological polar surface area (TPSA) is 246 Å². The summed E-state index contributed by atoms with van der Waals surface area (Å²) in [6, 6.07) is 0. The monoisotopic (exact) mass is 274 g/mol. The van der Waals surface area contributed by atoms with Crippen molar-refractivity contribution in [2.45, 2.75) is 0 Å². The summed E-state index contributed by atoms with van der Waals surface area (Å²) in [5.41, 5.74) is 0. The number of hydrogen-bond acceptors (Lipinski definition) is 8. The molecule has 0 aromatic rings. The van der Waals surface area contributed by atoms with Crippen LogP contribution in [0.5, 0.6) is 0 Å². The molecule has 14 heteroatoms. The van der Waals surface area contributed by atoms with E-state index in [1.807, 2.05) is 0 Å². The molecule has 0 aromatic heterocycles. The molecule has 0 unspecified atom stereocenters. The van der Waals surface area contributed by atoms with Crippen molar-refractivity contribution < 1.29 is 38.5 Å². The molecule has 0 fully saturated rings. The molecule has 80 valence electrons. The third kappa shape index (κ3) is 785. The molecule has 0 rings (SSSR count). The number of rotatable bonds is 0. The standard InChI is InChI=1S/2Mg.2H3N.2H3O4P/c;;;;2*1-5(2,3)4/h;;2*1H3;2*(H3,1,2,3,4)/q2*+2;;;;/p-4. The van der Waals surface area contributed by atoms with Gasteiger partial charge in [0.1, 0.15) is 0 Å². The zero-order valence-corrected chi connectivity index (χ0v) is 12.2. The molecule has 0 aliphatic rings. The summed E-state index contributed by atoms with van der Waals surface area (Å²) < 4.78 is 17.1. The smallest absolute Gasteiger partial charge is 0.822 e. The molecule has 14 heavy (non-hydrogen) atoms. The molecule has 0 radical (unpaired) electrons. The quantitative estimate of drug-likeness (QED) is 0.317. The fourth-order valence-corrected chi connectivity index (χ4v) is 0. The number of quaternary nitrogens is 2. The fourth-order valence-electron chi connectivity index (χ4n) is 0. The number of hydrogen-bond donors (Lipinski definition) is 2. The second-order valence-corrected chi connectivity index (χ2v) is 2.68. The van der Waals surface area contributed by atoms with Crippen molar-refractivity contribution in [3.63, 3.8) is 0 Å². The molecule has 0 saturated carbocycles. The van der Waals surface area contributed by atoms with Gasteiger partial charge in [-0.2, -0.15) is 15.6 Å². The molecule has 0 amide bonds. The minimum Gasteiger partial charge on any atom is -0.822 e. The van der Waals surface area contributed by atoms with E-state index in [2.05, 4.69) is 0 Å². The Labute approximate surface area is 112 Å². The Hall–Kier alpha value is 1.67. The number of phosphoric acid groups is 2. The molecule has 0 saturated heterocycles. The summed E-state index contributed by atoms with van der Waals surface area (Å²) in [7, 11) is -10.8. The molecule has 0 heterocycles. The predicted molar refractivity (Wildman–Crippen MR) is 38.7 cm³/mol. The van der Waals surface area contributed by atoms with Crippen LogP contribution < -0.4 is 41.7 Å². The summed E-state index contributed by atoms with van der Waals surface area (Å²) >= 11 is 0. The van der Waals surface area contributed by atoms with Gasteiger partial charge in [0.05, 0.1) is 0 Å². The van der Waals surface area contributed by atoms with E-state index >= 15 is 0 Å². The molecule has 8 N–H and O–H groups in total. The summed E-state index contributed by atoms with van der Waals surface area (Å²) in [5.74, 6) is 0. The maximum Gasteiger partial charge on any atom is 2.00 e. The van der Waals surface area contributed by atoms with E-state index in [0.717, 1.165) is 0 Å². The first kappa shape index (κ1) is 36.1. The minimum atomic E-state index is -5.39. The van der Waals surface area contributed by atoms with Gasteiger partial charge in [0.15, 0.2) is 0 Å². The van der Waals surface area contributed by atoms with Crippen molar-refractivity contribution in [3.05, 3.63) is 0 Å². The van der Waals surface area contributed by atoms with Gasteiger partial charge in [-0.1, -0.05) is 0 Å². The Morgan fingerprint density at radius 3 is 0.571 bits per heavy atom. The maximum atomic E-state index is 8.55. The molecular weight excluding hydrogens is 267 g/mol. The second kappa shape index (κ2) is 14.7. The third-order valence-corrected chi connectivity index (χ3v) is 0. The van der Waals surface area contributed by atoms with Crippen LogP contribution in [0.25, 0.3) is 0 Å². The molecule has 0 bridgehead atoms. The van der Waals surface area contributed by atoms with Crippen LogP contribution in [0.1, 0.15) is 0 Å².